The Balaban J connectivity index is 1.72. The minimum absolute atomic E-state index is 0.122. The van der Waals surface area contributed by atoms with Gasteiger partial charge in [-0.2, -0.15) is 0 Å². The van der Waals surface area contributed by atoms with E-state index >= 15 is 0 Å². The van der Waals surface area contributed by atoms with E-state index in [2.05, 4.69) is 5.32 Å². The van der Waals surface area contributed by atoms with Crippen molar-refractivity contribution < 1.29 is 9.90 Å². The van der Waals surface area contributed by atoms with Crippen LogP contribution in [0.4, 0.5) is 5.69 Å². The molecule has 0 spiro atoms. The van der Waals surface area contributed by atoms with Gasteiger partial charge in [0.2, 0.25) is 5.91 Å². The number of rotatable bonds is 4. The Morgan fingerprint density at radius 1 is 1.09 bits per heavy atom. The van der Waals surface area contributed by atoms with E-state index in [0.717, 1.165) is 15.7 Å². The van der Waals surface area contributed by atoms with E-state index in [1.807, 2.05) is 36.4 Å². The summed E-state index contributed by atoms with van der Waals surface area (Å²) < 4.78 is 0. The SMILES string of the molecule is O=C(CSc1cccc2cccc(Cl)c12)Nc1cccc(O)c1. The lowest BCUT2D eigenvalue weighted by Gasteiger charge is -2.09. The van der Waals surface area contributed by atoms with Gasteiger partial charge < -0.3 is 10.4 Å². The number of halogens is 1. The molecule has 3 aromatic rings. The molecule has 0 aliphatic carbocycles. The summed E-state index contributed by atoms with van der Waals surface area (Å²) in [6, 6.07) is 18.2. The number of benzene rings is 3. The van der Waals surface area contributed by atoms with Crippen LogP contribution in [-0.4, -0.2) is 16.8 Å². The van der Waals surface area contributed by atoms with Gasteiger partial charge in [0.1, 0.15) is 5.75 Å². The van der Waals surface area contributed by atoms with Gasteiger partial charge in [-0.3, -0.25) is 4.79 Å². The second-order valence-electron chi connectivity index (χ2n) is 4.98. The molecule has 3 nitrogen and oxygen atoms in total. The Kier molecular flexibility index (Phi) is 4.74. The van der Waals surface area contributed by atoms with Crippen molar-refractivity contribution in [1.29, 1.82) is 0 Å². The largest absolute Gasteiger partial charge is 0.508 e. The van der Waals surface area contributed by atoms with E-state index in [-0.39, 0.29) is 17.4 Å². The maximum Gasteiger partial charge on any atom is 0.234 e. The molecule has 116 valence electrons. The van der Waals surface area contributed by atoms with Crippen LogP contribution in [0.15, 0.2) is 65.6 Å². The zero-order chi connectivity index (χ0) is 16.2. The van der Waals surface area contributed by atoms with Crippen molar-refractivity contribution in [2.24, 2.45) is 0 Å². The molecule has 0 bridgehead atoms. The summed E-state index contributed by atoms with van der Waals surface area (Å²) in [6.45, 7) is 0. The first-order chi connectivity index (χ1) is 11.1. The minimum atomic E-state index is -0.135. The van der Waals surface area contributed by atoms with Gasteiger partial charge in [-0.25, -0.2) is 0 Å². The van der Waals surface area contributed by atoms with Crippen molar-refractivity contribution >= 4 is 45.7 Å². The number of anilines is 1. The Labute approximate surface area is 143 Å². The van der Waals surface area contributed by atoms with Gasteiger partial charge >= 0.3 is 0 Å². The lowest BCUT2D eigenvalue weighted by molar-refractivity contribution is -0.113. The smallest absolute Gasteiger partial charge is 0.234 e. The number of fused-ring (bicyclic) bond motifs is 1. The molecule has 0 atom stereocenters. The number of carbonyl (C=O) groups excluding carboxylic acids is 1. The molecule has 0 aromatic heterocycles. The number of phenolic OH excluding ortho intramolecular Hbond substituents is 1. The Hall–Kier alpha value is -2.17. The number of aromatic hydroxyl groups is 1. The summed E-state index contributed by atoms with van der Waals surface area (Å²) in [6.07, 6.45) is 0. The number of phenols is 1. The fourth-order valence-corrected chi connectivity index (χ4v) is 3.55. The maximum absolute atomic E-state index is 12.1. The summed E-state index contributed by atoms with van der Waals surface area (Å²) >= 11 is 7.72. The van der Waals surface area contributed by atoms with E-state index < -0.39 is 0 Å². The quantitative estimate of drug-likeness (QED) is 0.660. The predicted molar refractivity (Wildman–Crippen MR) is 96.4 cm³/mol. The standard InChI is InChI=1S/C18H14ClNO2S/c19-15-8-1-4-12-5-2-9-16(18(12)15)23-11-17(22)20-13-6-3-7-14(21)10-13/h1-10,21H,11H2,(H,20,22). The van der Waals surface area contributed by atoms with Crippen LogP contribution in [0.25, 0.3) is 10.8 Å². The Morgan fingerprint density at radius 3 is 2.61 bits per heavy atom. The monoisotopic (exact) mass is 343 g/mol. The van der Waals surface area contributed by atoms with Crippen LogP contribution < -0.4 is 5.32 Å². The molecular formula is C18H14ClNO2S. The molecule has 2 N–H and O–H groups in total. The number of carbonyl (C=O) groups is 1. The van der Waals surface area contributed by atoms with Gasteiger partial charge in [0.25, 0.3) is 0 Å². The molecule has 1 amide bonds. The van der Waals surface area contributed by atoms with Crippen LogP contribution in [0.5, 0.6) is 5.75 Å². The number of hydrogen-bond donors (Lipinski definition) is 2. The van der Waals surface area contributed by atoms with Gasteiger partial charge in [-0.05, 0) is 29.7 Å². The van der Waals surface area contributed by atoms with Gasteiger partial charge in [0, 0.05) is 27.1 Å². The van der Waals surface area contributed by atoms with Crippen molar-refractivity contribution in [3.63, 3.8) is 0 Å². The van der Waals surface area contributed by atoms with Crippen LogP contribution in [0, 0.1) is 0 Å². The zero-order valence-electron chi connectivity index (χ0n) is 12.1. The summed E-state index contributed by atoms with van der Waals surface area (Å²) in [5.74, 6) is 0.251. The molecular weight excluding hydrogens is 330 g/mol. The van der Waals surface area contributed by atoms with Crippen molar-refractivity contribution in [3.05, 3.63) is 65.7 Å². The summed E-state index contributed by atoms with van der Waals surface area (Å²) in [5, 5.41) is 14.9. The van der Waals surface area contributed by atoms with Crippen LogP contribution in [-0.2, 0) is 4.79 Å². The predicted octanol–water partition coefficient (Wildman–Crippen LogP) is 4.93. The van der Waals surface area contributed by atoms with Gasteiger partial charge in [-0.1, -0.05) is 41.9 Å². The van der Waals surface area contributed by atoms with Gasteiger partial charge in [0.15, 0.2) is 0 Å². The van der Waals surface area contributed by atoms with Gasteiger partial charge in [0.05, 0.1) is 5.75 Å². The number of thioether (sulfide) groups is 1. The van der Waals surface area contributed by atoms with Gasteiger partial charge in [-0.15, -0.1) is 11.8 Å². The molecule has 0 saturated carbocycles. The fraction of sp³-hybridized carbons (Fsp3) is 0.0556. The highest BCUT2D eigenvalue weighted by molar-refractivity contribution is 8.00. The first kappa shape index (κ1) is 15.7. The molecule has 0 aliphatic heterocycles. The molecule has 23 heavy (non-hydrogen) atoms. The van der Waals surface area contributed by atoms with E-state index in [0.29, 0.717) is 10.7 Å². The molecule has 0 saturated heterocycles. The third-order valence-corrected chi connectivity index (χ3v) is 4.68. The molecule has 0 aliphatic rings. The number of hydrogen-bond acceptors (Lipinski definition) is 3. The van der Waals surface area contributed by atoms with E-state index in [4.69, 9.17) is 11.6 Å². The molecule has 3 rings (SSSR count). The second kappa shape index (κ2) is 6.94. The zero-order valence-corrected chi connectivity index (χ0v) is 13.7. The van der Waals surface area contributed by atoms with E-state index in [1.54, 1.807) is 18.2 Å². The number of nitrogens with one attached hydrogen (secondary N) is 1. The third-order valence-electron chi connectivity index (χ3n) is 3.30. The first-order valence-electron chi connectivity index (χ1n) is 7.02. The normalized spacial score (nSPS) is 10.7. The maximum atomic E-state index is 12.1. The van der Waals surface area contributed by atoms with Crippen molar-refractivity contribution in [3.8, 4) is 5.75 Å². The summed E-state index contributed by atoms with van der Waals surface area (Å²) in [7, 11) is 0. The average molecular weight is 344 g/mol. The van der Waals surface area contributed by atoms with E-state index in [9.17, 15) is 9.90 Å². The lowest BCUT2D eigenvalue weighted by atomic mass is 10.1. The molecule has 0 unspecified atom stereocenters. The molecule has 3 aromatic carbocycles. The van der Waals surface area contributed by atoms with Crippen molar-refractivity contribution in [1.82, 2.24) is 0 Å². The first-order valence-corrected chi connectivity index (χ1v) is 8.39. The van der Waals surface area contributed by atoms with E-state index in [1.165, 1.54) is 17.8 Å². The molecule has 0 fully saturated rings. The van der Waals surface area contributed by atoms with Crippen molar-refractivity contribution in [2.75, 3.05) is 11.1 Å². The summed E-state index contributed by atoms with van der Waals surface area (Å²) in [5.41, 5.74) is 0.576. The number of amides is 1. The minimum Gasteiger partial charge on any atom is -0.508 e. The Bertz CT molecular complexity index is 861. The highest BCUT2D eigenvalue weighted by atomic mass is 35.5. The van der Waals surface area contributed by atoms with Crippen LogP contribution in [0.1, 0.15) is 0 Å². The van der Waals surface area contributed by atoms with Crippen LogP contribution in [0.2, 0.25) is 5.02 Å². The average Bonchev–Trinajstić information content (AvgIpc) is 2.53. The van der Waals surface area contributed by atoms with Crippen LogP contribution >= 0.6 is 23.4 Å². The van der Waals surface area contributed by atoms with Crippen molar-refractivity contribution in [2.45, 2.75) is 4.90 Å². The fourth-order valence-electron chi connectivity index (χ4n) is 2.31. The molecule has 0 heterocycles. The Morgan fingerprint density at radius 2 is 1.83 bits per heavy atom. The third kappa shape index (κ3) is 3.78. The molecule has 5 heteroatoms. The molecule has 0 radical (unpaired) electrons. The van der Waals surface area contributed by atoms with Crippen LogP contribution in [0.3, 0.4) is 0 Å². The highest BCUT2D eigenvalue weighted by Crippen LogP contribution is 2.33. The highest BCUT2D eigenvalue weighted by Gasteiger charge is 2.09. The topological polar surface area (TPSA) is 49.3 Å². The summed E-state index contributed by atoms with van der Waals surface area (Å²) in [4.78, 5) is 13.0. The second-order valence-corrected chi connectivity index (χ2v) is 6.41. The lowest BCUT2D eigenvalue weighted by Crippen LogP contribution is -2.13.